The molecule has 2 rings (SSSR count). The predicted molar refractivity (Wildman–Crippen MR) is 152 cm³/mol. The molecule has 0 aromatic rings. The summed E-state index contributed by atoms with van der Waals surface area (Å²) in [4.78, 5) is 0. The van der Waals surface area contributed by atoms with Crippen molar-refractivity contribution in [2.45, 2.75) is 54.8 Å². The van der Waals surface area contributed by atoms with Gasteiger partial charge in [-0.15, -0.1) is 39.5 Å². The lowest BCUT2D eigenvalue weighted by Crippen LogP contribution is -2.64. The van der Waals surface area contributed by atoms with Crippen molar-refractivity contribution in [1.82, 2.24) is 0 Å². The molecule has 11 nitrogen and oxygen atoms in total. The van der Waals surface area contributed by atoms with Gasteiger partial charge in [0.2, 0.25) is 5.79 Å². The van der Waals surface area contributed by atoms with Gasteiger partial charge in [-0.05, 0) is 0 Å². The van der Waals surface area contributed by atoms with Gasteiger partial charge in [-0.25, -0.2) is 0 Å². The Morgan fingerprint density at radius 1 is 0.610 bits per heavy atom. The van der Waals surface area contributed by atoms with Gasteiger partial charge in [-0.1, -0.05) is 36.5 Å². The van der Waals surface area contributed by atoms with Crippen LogP contribution in [0.1, 0.15) is 0 Å². The number of aliphatic hydroxyl groups is 2. The van der Waals surface area contributed by atoms with E-state index in [1.165, 1.54) is 0 Å². The molecule has 0 bridgehead atoms. The van der Waals surface area contributed by atoms with E-state index in [0.717, 1.165) is 0 Å². The summed E-state index contributed by atoms with van der Waals surface area (Å²) in [7, 11) is 0. The van der Waals surface area contributed by atoms with Crippen LogP contribution in [0.3, 0.4) is 0 Å². The molecule has 2 N–H and O–H groups in total. The van der Waals surface area contributed by atoms with Crippen LogP contribution < -0.4 is 0 Å². The zero-order valence-corrected chi connectivity index (χ0v) is 23.8. The third kappa shape index (κ3) is 10.1. The standard InChI is InChI=1S/C30H46O11/c1-7-13-33-19-22-24(31)26(36-16-10-4)27(37-17-11-5)29(39-22)41-30(21-35-15-9-3)28(38-18-12-6)25(32)23(40-30)20-34-14-8-2/h7-12,22-29,31-32H,1-6,13-21H2/t22-,23-,24-,25-,26+,27-,28+,29-,30+/m1/s1. The van der Waals surface area contributed by atoms with Crippen molar-refractivity contribution >= 4 is 0 Å². The third-order valence-electron chi connectivity index (χ3n) is 6.19. The second-order valence-electron chi connectivity index (χ2n) is 9.28. The van der Waals surface area contributed by atoms with Crippen LogP contribution in [0.2, 0.25) is 0 Å². The lowest BCUT2D eigenvalue weighted by molar-refractivity contribution is -0.392. The third-order valence-corrected chi connectivity index (χ3v) is 6.19. The van der Waals surface area contributed by atoms with Crippen LogP contribution in [0, 0.1) is 0 Å². The van der Waals surface area contributed by atoms with Crippen molar-refractivity contribution in [2.75, 3.05) is 59.5 Å². The number of hydrogen-bond acceptors (Lipinski definition) is 11. The number of ether oxygens (including phenoxy) is 9. The summed E-state index contributed by atoms with van der Waals surface area (Å²) in [5.41, 5.74) is 0. The van der Waals surface area contributed by atoms with Crippen LogP contribution in [0.5, 0.6) is 0 Å². The monoisotopic (exact) mass is 582 g/mol. The Labute approximate surface area is 243 Å². The van der Waals surface area contributed by atoms with Crippen molar-refractivity contribution in [1.29, 1.82) is 0 Å². The summed E-state index contributed by atoms with van der Waals surface area (Å²) in [5.74, 6) is -1.70. The maximum absolute atomic E-state index is 11.3. The van der Waals surface area contributed by atoms with Gasteiger partial charge in [0.15, 0.2) is 6.29 Å². The van der Waals surface area contributed by atoms with Crippen LogP contribution in [0.15, 0.2) is 75.9 Å². The molecule has 0 radical (unpaired) electrons. The van der Waals surface area contributed by atoms with E-state index in [0.29, 0.717) is 0 Å². The summed E-state index contributed by atoms with van der Waals surface area (Å²) in [6, 6.07) is 0. The van der Waals surface area contributed by atoms with Gasteiger partial charge in [0.1, 0.15) is 49.3 Å². The minimum absolute atomic E-state index is 0.00698. The van der Waals surface area contributed by atoms with Gasteiger partial charge in [-0.2, -0.15) is 0 Å². The average Bonchev–Trinajstić information content (AvgIpc) is 3.22. The molecule has 0 aromatic heterocycles. The summed E-state index contributed by atoms with van der Waals surface area (Å²) in [6.45, 7) is 22.9. The Bertz CT molecular complexity index is 820. The number of hydrogen-bond donors (Lipinski definition) is 2. The Hall–Kier alpha value is -2.00. The van der Waals surface area contributed by atoms with E-state index in [9.17, 15) is 10.2 Å². The summed E-state index contributed by atoms with van der Waals surface area (Å²) < 4.78 is 54.0. The fourth-order valence-electron chi connectivity index (χ4n) is 4.49. The zero-order valence-electron chi connectivity index (χ0n) is 23.8. The number of rotatable bonds is 23. The fraction of sp³-hybridized carbons (Fsp3) is 0.600. The Morgan fingerprint density at radius 2 is 1.12 bits per heavy atom. The molecular weight excluding hydrogens is 536 g/mol. The molecule has 0 aliphatic carbocycles. The highest BCUT2D eigenvalue weighted by atomic mass is 16.8. The van der Waals surface area contributed by atoms with Gasteiger partial charge in [-0.3, -0.25) is 0 Å². The van der Waals surface area contributed by atoms with E-state index < -0.39 is 54.8 Å². The van der Waals surface area contributed by atoms with Crippen LogP contribution in [0.4, 0.5) is 0 Å². The van der Waals surface area contributed by atoms with Crippen molar-refractivity contribution in [3.63, 3.8) is 0 Å². The molecule has 11 heteroatoms. The molecular formula is C30H46O11. The molecule has 41 heavy (non-hydrogen) atoms. The van der Waals surface area contributed by atoms with E-state index >= 15 is 0 Å². The fourth-order valence-corrected chi connectivity index (χ4v) is 4.49. The predicted octanol–water partition coefficient (Wildman–Crippen LogP) is 1.87. The average molecular weight is 583 g/mol. The van der Waals surface area contributed by atoms with Crippen molar-refractivity contribution in [2.24, 2.45) is 0 Å². The molecule has 9 atom stereocenters. The van der Waals surface area contributed by atoms with E-state index in [1.807, 2.05) is 0 Å². The Kier molecular flexibility index (Phi) is 16.5. The SMILES string of the molecule is C=CCOC[C@H]1O[C@@](COCC=C)(O[C@H]2O[C@H](COCC=C)[C@@H](O)[C@H](OCC=C)[C@H]2OCC=C)[C@@H](OCC=C)[C@@H]1O. The molecule has 2 saturated heterocycles. The molecule has 2 aliphatic rings. The summed E-state index contributed by atoms with van der Waals surface area (Å²) >= 11 is 0. The normalized spacial score (nSPS) is 33.2. The van der Waals surface area contributed by atoms with Crippen LogP contribution in [-0.4, -0.2) is 124 Å². The van der Waals surface area contributed by atoms with Crippen LogP contribution in [0.25, 0.3) is 0 Å². The van der Waals surface area contributed by atoms with Gasteiger partial charge < -0.3 is 52.8 Å². The largest absolute Gasteiger partial charge is 0.387 e. The zero-order chi connectivity index (χ0) is 30.1. The molecule has 0 amide bonds. The second kappa shape index (κ2) is 19.2. The topological polar surface area (TPSA) is 124 Å². The molecule has 2 heterocycles. The smallest absolute Gasteiger partial charge is 0.224 e. The highest BCUT2D eigenvalue weighted by Crippen LogP contribution is 2.39. The van der Waals surface area contributed by atoms with Crippen molar-refractivity contribution in [3.8, 4) is 0 Å². The van der Waals surface area contributed by atoms with E-state index in [-0.39, 0.29) is 59.5 Å². The van der Waals surface area contributed by atoms with Gasteiger partial charge in [0, 0.05) is 0 Å². The van der Waals surface area contributed by atoms with E-state index in [2.05, 4.69) is 39.5 Å². The number of aliphatic hydroxyl groups excluding tert-OH is 2. The van der Waals surface area contributed by atoms with E-state index in [1.54, 1.807) is 36.5 Å². The lowest BCUT2D eigenvalue weighted by Gasteiger charge is -2.47. The maximum Gasteiger partial charge on any atom is 0.224 e. The highest BCUT2D eigenvalue weighted by molar-refractivity contribution is 5.01. The Morgan fingerprint density at radius 3 is 1.71 bits per heavy atom. The first kappa shape index (κ1) is 35.2. The van der Waals surface area contributed by atoms with Crippen LogP contribution >= 0.6 is 0 Å². The molecule has 0 unspecified atom stereocenters. The summed E-state index contributed by atoms with van der Waals surface area (Å²) in [5, 5.41) is 22.5. The minimum Gasteiger partial charge on any atom is -0.387 e. The van der Waals surface area contributed by atoms with Crippen molar-refractivity contribution in [3.05, 3.63) is 75.9 Å². The highest BCUT2D eigenvalue weighted by Gasteiger charge is 2.60. The molecule has 2 fully saturated rings. The first-order chi connectivity index (χ1) is 19.9. The summed E-state index contributed by atoms with van der Waals surface area (Å²) in [6.07, 6.45) is 1.20. The molecule has 232 valence electrons. The molecule has 2 aliphatic heterocycles. The first-order valence-electron chi connectivity index (χ1n) is 13.5. The Balaban J connectivity index is 2.50. The lowest BCUT2D eigenvalue weighted by atomic mass is 9.98. The molecule has 0 aromatic carbocycles. The van der Waals surface area contributed by atoms with Gasteiger partial charge in [0.05, 0.1) is 52.9 Å². The minimum atomic E-state index is -1.70. The quantitative estimate of drug-likeness (QED) is 0.136. The van der Waals surface area contributed by atoms with Crippen LogP contribution in [-0.2, 0) is 42.6 Å². The second-order valence-corrected chi connectivity index (χ2v) is 9.28. The molecule has 0 spiro atoms. The van der Waals surface area contributed by atoms with Gasteiger partial charge in [0.25, 0.3) is 0 Å². The van der Waals surface area contributed by atoms with Crippen molar-refractivity contribution < 1.29 is 52.8 Å². The first-order valence-corrected chi connectivity index (χ1v) is 13.5. The maximum atomic E-state index is 11.3. The molecule has 0 saturated carbocycles. The van der Waals surface area contributed by atoms with Gasteiger partial charge >= 0.3 is 0 Å². The van der Waals surface area contributed by atoms with E-state index in [4.69, 9.17) is 42.6 Å².